The number of benzene rings is 1. The average molecular weight is 355 g/mol. The third kappa shape index (κ3) is 5.43. The molecule has 0 aliphatic carbocycles. The molecule has 0 bridgehead atoms. The maximum atomic E-state index is 12.4. The lowest BCUT2D eigenvalue weighted by Gasteiger charge is -2.35. The number of carbonyl (C=O) groups is 2. The molecule has 2 aliphatic heterocycles. The summed E-state index contributed by atoms with van der Waals surface area (Å²) < 4.78 is 0. The number of amides is 2. The maximum Gasteiger partial charge on any atom is 0.246 e. The van der Waals surface area contributed by atoms with Crippen molar-refractivity contribution in [2.45, 2.75) is 25.7 Å². The molecule has 1 aromatic rings. The van der Waals surface area contributed by atoms with Crippen LogP contribution in [0.2, 0.25) is 0 Å². The van der Waals surface area contributed by atoms with Crippen LogP contribution in [0.3, 0.4) is 0 Å². The Morgan fingerprint density at radius 3 is 2.19 bits per heavy atom. The van der Waals surface area contributed by atoms with Crippen LogP contribution in [0.1, 0.15) is 31.2 Å². The molecule has 0 aromatic heterocycles. The van der Waals surface area contributed by atoms with Gasteiger partial charge in [-0.2, -0.15) is 0 Å². The molecule has 140 valence electrons. The minimum Gasteiger partial charge on any atom is -0.339 e. The molecule has 2 amide bonds. The Balaban J connectivity index is 1.39. The number of nitrogens with zero attached hydrogens (tertiary/aromatic N) is 3. The van der Waals surface area contributed by atoms with Crippen LogP contribution < -0.4 is 0 Å². The van der Waals surface area contributed by atoms with Crippen LogP contribution in [-0.2, 0) is 9.59 Å². The van der Waals surface area contributed by atoms with Crippen LogP contribution in [0.25, 0.3) is 6.08 Å². The van der Waals surface area contributed by atoms with Crippen molar-refractivity contribution in [1.82, 2.24) is 14.7 Å². The second-order valence-corrected chi connectivity index (χ2v) is 7.10. The van der Waals surface area contributed by atoms with E-state index in [1.54, 1.807) is 6.08 Å². The molecule has 0 saturated carbocycles. The number of likely N-dealkylation sites (tertiary alicyclic amines) is 1. The molecule has 0 spiro atoms. The van der Waals surface area contributed by atoms with Crippen molar-refractivity contribution < 1.29 is 9.59 Å². The summed E-state index contributed by atoms with van der Waals surface area (Å²) in [6.07, 6.45) is 7.90. The van der Waals surface area contributed by atoms with Gasteiger partial charge >= 0.3 is 0 Å². The van der Waals surface area contributed by atoms with Crippen molar-refractivity contribution >= 4 is 17.9 Å². The predicted octanol–water partition coefficient (Wildman–Crippen LogP) is 2.25. The molecule has 26 heavy (non-hydrogen) atoms. The van der Waals surface area contributed by atoms with Crippen LogP contribution >= 0.6 is 0 Å². The first kappa shape index (κ1) is 18.6. The van der Waals surface area contributed by atoms with Gasteiger partial charge < -0.3 is 14.7 Å². The minimum absolute atomic E-state index is 0.0225. The molecule has 1 aromatic carbocycles. The van der Waals surface area contributed by atoms with Crippen LogP contribution in [0, 0.1) is 0 Å². The fourth-order valence-corrected chi connectivity index (χ4v) is 3.61. The Hall–Kier alpha value is -2.14. The van der Waals surface area contributed by atoms with E-state index in [1.807, 2.05) is 46.2 Å². The highest BCUT2D eigenvalue weighted by Crippen LogP contribution is 2.11. The largest absolute Gasteiger partial charge is 0.339 e. The number of piperidine rings is 1. The standard InChI is InChI=1S/C21H29N3O2/c25-20(10-9-19-7-3-1-4-8-19)23-15-17-24(18-16-23)21(26)11-14-22-12-5-2-6-13-22/h1,3-4,7-10H,2,5-6,11-18H2/b10-9+. The van der Waals surface area contributed by atoms with E-state index in [1.165, 1.54) is 19.3 Å². The van der Waals surface area contributed by atoms with Gasteiger partial charge in [0, 0.05) is 45.2 Å². The SMILES string of the molecule is O=C(/C=C/c1ccccc1)N1CCN(C(=O)CCN2CCCCC2)CC1. The number of piperazine rings is 1. The van der Waals surface area contributed by atoms with E-state index in [0.29, 0.717) is 32.6 Å². The third-order valence-corrected chi connectivity index (χ3v) is 5.25. The lowest BCUT2D eigenvalue weighted by Crippen LogP contribution is -2.50. The summed E-state index contributed by atoms with van der Waals surface area (Å²) >= 11 is 0. The zero-order valence-corrected chi connectivity index (χ0v) is 15.5. The smallest absolute Gasteiger partial charge is 0.246 e. The lowest BCUT2D eigenvalue weighted by atomic mass is 10.1. The molecule has 0 atom stereocenters. The molecule has 3 rings (SSSR count). The lowest BCUT2D eigenvalue weighted by molar-refractivity contribution is -0.137. The molecular weight excluding hydrogens is 326 g/mol. The average Bonchev–Trinajstić information content (AvgIpc) is 2.72. The van der Waals surface area contributed by atoms with E-state index in [-0.39, 0.29) is 11.8 Å². The van der Waals surface area contributed by atoms with Crippen molar-refractivity contribution in [1.29, 1.82) is 0 Å². The van der Waals surface area contributed by atoms with E-state index >= 15 is 0 Å². The topological polar surface area (TPSA) is 43.9 Å². The zero-order chi connectivity index (χ0) is 18.2. The Morgan fingerprint density at radius 2 is 1.50 bits per heavy atom. The van der Waals surface area contributed by atoms with Crippen molar-refractivity contribution in [3.63, 3.8) is 0 Å². The van der Waals surface area contributed by atoms with E-state index in [2.05, 4.69) is 4.90 Å². The zero-order valence-electron chi connectivity index (χ0n) is 15.5. The summed E-state index contributed by atoms with van der Waals surface area (Å²) in [6, 6.07) is 9.82. The highest BCUT2D eigenvalue weighted by Gasteiger charge is 2.23. The molecule has 0 N–H and O–H groups in total. The maximum absolute atomic E-state index is 12.4. The van der Waals surface area contributed by atoms with E-state index in [4.69, 9.17) is 0 Å². The van der Waals surface area contributed by atoms with Gasteiger partial charge in [-0.3, -0.25) is 9.59 Å². The van der Waals surface area contributed by atoms with Gasteiger partial charge in [0.25, 0.3) is 0 Å². The van der Waals surface area contributed by atoms with Gasteiger partial charge in [-0.05, 0) is 37.6 Å². The van der Waals surface area contributed by atoms with Crippen LogP contribution in [0.4, 0.5) is 0 Å². The summed E-state index contributed by atoms with van der Waals surface area (Å²) in [5.41, 5.74) is 1.02. The molecule has 2 aliphatic rings. The number of rotatable bonds is 5. The predicted molar refractivity (Wildman–Crippen MR) is 104 cm³/mol. The van der Waals surface area contributed by atoms with Gasteiger partial charge in [0.2, 0.25) is 11.8 Å². The normalized spacial score (nSPS) is 19.1. The van der Waals surface area contributed by atoms with Crippen LogP contribution in [0.15, 0.2) is 36.4 Å². The third-order valence-electron chi connectivity index (χ3n) is 5.25. The number of hydrogen-bond acceptors (Lipinski definition) is 3. The summed E-state index contributed by atoms with van der Waals surface area (Å²) in [4.78, 5) is 30.9. The Bertz CT molecular complexity index is 615. The highest BCUT2D eigenvalue weighted by atomic mass is 16.2. The van der Waals surface area contributed by atoms with Gasteiger partial charge in [0.15, 0.2) is 0 Å². The van der Waals surface area contributed by atoms with Gasteiger partial charge in [-0.1, -0.05) is 36.8 Å². The van der Waals surface area contributed by atoms with Gasteiger partial charge in [-0.25, -0.2) is 0 Å². The van der Waals surface area contributed by atoms with Crippen LogP contribution in [0.5, 0.6) is 0 Å². The van der Waals surface area contributed by atoms with E-state index in [0.717, 1.165) is 25.2 Å². The van der Waals surface area contributed by atoms with Crippen molar-refractivity contribution in [3.05, 3.63) is 42.0 Å². The second kappa shape index (κ2) is 9.53. The van der Waals surface area contributed by atoms with Crippen molar-refractivity contribution in [3.8, 4) is 0 Å². The van der Waals surface area contributed by atoms with Gasteiger partial charge in [0.1, 0.15) is 0 Å². The summed E-state index contributed by atoms with van der Waals surface area (Å²) in [6.45, 7) is 5.65. The van der Waals surface area contributed by atoms with Crippen molar-refractivity contribution in [2.75, 3.05) is 45.8 Å². The first-order chi connectivity index (χ1) is 12.7. The first-order valence-electron chi connectivity index (χ1n) is 9.74. The van der Waals surface area contributed by atoms with E-state index < -0.39 is 0 Å². The van der Waals surface area contributed by atoms with Gasteiger partial charge in [-0.15, -0.1) is 0 Å². The molecular formula is C21H29N3O2. The van der Waals surface area contributed by atoms with Crippen molar-refractivity contribution in [2.24, 2.45) is 0 Å². The molecule has 2 heterocycles. The van der Waals surface area contributed by atoms with Gasteiger partial charge in [0.05, 0.1) is 0 Å². The molecule has 5 nitrogen and oxygen atoms in total. The van der Waals surface area contributed by atoms with E-state index in [9.17, 15) is 9.59 Å². The fraction of sp³-hybridized carbons (Fsp3) is 0.524. The molecule has 2 saturated heterocycles. The summed E-state index contributed by atoms with van der Waals surface area (Å²) in [5.74, 6) is 0.247. The quantitative estimate of drug-likeness (QED) is 0.761. The second-order valence-electron chi connectivity index (χ2n) is 7.10. The summed E-state index contributed by atoms with van der Waals surface area (Å²) in [7, 11) is 0. The highest BCUT2D eigenvalue weighted by molar-refractivity contribution is 5.92. The summed E-state index contributed by atoms with van der Waals surface area (Å²) in [5, 5.41) is 0. The van der Waals surface area contributed by atoms with Crippen LogP contribution in [-0.4, -0.2) is 72.3 Å². The molecule has 0 radical (unpaired) electrons. The Morgan fingerprint density at radius 1 is 0.846 bits per heavy atom. The molecule has 2 fully saturated rings. The fourth-order valence-electron chi connectivity index (χ4n) is 3.61. The minimum atomic E-state index is 0.0225. The monoisotopic (exact) mass is 355 g/mol. The molecule has 0 unspecified atom stereocenters. The Labute approximate surface area is 156 Å². The number of carbonyl (C=O) groups excluding carboxylic acids is 2. The first-order valence-corrected chi connectivity index (χ1v) is 9.74. The molecule has 5 heteroatoms. The Kier molecular flexibility index (Phi) is 6.83. The number of hydrogen-bond donors (Lipinski definition) is 0.